The van der Waals surface area contributed by atoms with Crippen LogP contribution in [0.4, 0.5) is 4.79 Å². The molecule has 0 unspecified atom stereocenters. The third kappa shape index (κ3) is 3.40. The molecule has 1 aliphatic heterocycles. The highest BCUT2D eigenvalue weighted by atomic mass is 32.2. The molecule has 27 heavy (non-hydrogen) atoms. The average molecular weight is 385 g/mol. The standard InChI is InChI=1S/C19H19N3O4S/c1-11-9-14(12(2)21(11)15-5-7-20-8-6-15)10-16-17(23)22(19(25)27-16)13(3)18(24)26-4/h5-10,13H,1-4H3/b16-10+/t13-/m0/s1. The van der Waals surface area contributed by atoms with E-state index in [2.05, 4.69) is 14.3 Å². The van der Waals surface area contributed by atoms with Gasteiger partial charge in [-0.15, -0.1) is 0 Å². The van der Waals surface area contributed by atoms with E-state index in [0.717, 1.165) is 39.3 Å². The fourth-order valence-electron chi connectivity index (χ4n) is 3.06. The lowest BCUT2D eigenvalue weighted by Crippen LogP contribution is -2.42. The number of hydrogen-bond acceptors (Lipinski definition) is 6. The van der Waals surface area contributed by atoms with Crippen LogP contribution in [0.15, 0.2) is 35.5 Å². The smallest absolute Gasteiger partial charge is 0.328 e. The molecule has 8 heteroatoms. The van der Waals surface area contributed by atoms with Gasteiger partial charge in [0.05, 0.1) is 12.0 Å². The molecule has 2 aromatic rings. The van der Waals surface area contributed by atoms with Crippen LogP contribution in [0.1, 0.15) is 23.9 Å². The van der Waals surface area contributed by atoms with Crippen molar-refractivity contribution < 1.29 is 19.1 Å². The van der Waals surface area contributed by atoms with Crippen LogP contribution in [-0.2, 0) is 14.3 Å². The molecule has 0 bridgehead atoms. The van der Waals surface area contributed by atoms with Gasteiger partial charge in [0.25, 0.3) is 11.1 Å². The Bertz CT molecular complexity index is 949. The summed E-state index contributed by atoms with van der Waals surface area (Å²) >= 11 is 0.824. The number of thioether (sulfide) groups is 1. The monoisotopic (exact) mass is 385 g/mol. The Hall–Kier alpha value is -2.87. The minimum atomic E-state index is -0.961. The Balaban J connectivity index is 1.96. The molecule has 0 aromatic carbocycles. The second-order valence-corrected chi connectivity index (χ2v) is 7.11. The SMILES string of the molecule is COC(=O)[C@H](C)N1C(=O)S/C(=C/c2cc(C)n(-c3ccncc3)c2C)C1=O. The first kappa shape index (κ1) is 18.9. The number of pyridine rings is 1. The number of aromatic nitrogens is 2. The molecule has 3 rings (SSSR count). The zero-order valence-electron chi connectivity index (χ0n) is 15.4. The maximum absolute atomic E-state index is 12.6. The predicted molar refractivity (Wildman–Crippen MR) is 102 cm³/mol. The van der Waals surface area contributed by atoms with Crippen molar-refractivity contribution in [1.29, 1.82) is 0 Å². The Kier molecular flexibility index (Phi) is 5.18. The van der Waals surface area contributed by atoms with Crippen LogP contribution >= 0.6 is 11.8 Å². The van der Waals surface area contributed by atoms with Crippen molar-refractivity contribution in [3.8, 4) is 5.69 Å². The maximum Gasteiger partial charge on any atom is 0.328 e. The number of hydrogen-bond donors (Lipinski definition) is 0. The Morgan fingerprint density at radius 2 is 1.93 bits per heavy atom. The van der Waals surface area contributed by atoms with Gasteiger partial charge in [0.15, 0.2) is 0 Å². The summed E-state index contributed by atoms with van der Waals surface area (Å²) in [5, 5.41) is -0.480. The fraction of sp³-hybridized carbons (Fsp3) is 0.263. The summed E-state index contributed by atoms with van der Waals surface area (Å²) in [5.41, 5.74) is 3.73. The minimum absolute atomic E-state index is 0.283. The molecule has 0 radical (unpaired) electrons. The van der Waals surface area contributed by atoms with Crippen molar-refractivity contribution >= 4 is 35.0 Å². The number of methoxy groups -OCH3 is 1. The van der Waals surface area contributed by atoms with E-state index in [9.17, 15) is 14.4 Å². The molecule has 1 fully saturated rings. The van der Waals surface area contributed by atoms with Crippen molar-refractivity contribution in [3.63, 3.8) is 0 Å². The van der Waals surface area contributed by atoms with Crippen LogP contribution in [0, 0.1) is 13.8 Å². The molecule has 1 saturated heterocycles. The highest BCUT2D eigenvalue weighted by molar-refractivity contribution is 8.18. The number of aryl methyl sites for hydroxylation is 1. The van der Waals surface area contributed by atoms with Crippen LogP contribution < -0.4 is 0 Å². The lowest BCUT2D eigenvalue weighted by Gasteiger charge is -2.18. The number of nitrogens with zero attached hydrogens (tertiary/aromatic N) is 3. The first-order valence-corrected chi connectivity index (χ1v) is 9.11. The minimum Gasteiger partial charge on any atom is -0.467 e. The third-order valence-corrected chi connectivity index (χ3v) is 5.31. The predicted octanol–water partition coefficient (Wildman–Crippen LogP) is 3.09. The summed E-state index contributed by atoms with van der Waals surface area (Å²) in [6, 6.07) is 4.79. The number of esters is 1. The fourth-order valence-corrected chi connectivity index (χ4v) is 3.95. The van der Waals surface area contributed by atoms with Crippen molar-refractivity contribution in [1.82, 2.24) is 14.5 Å². The molecule has 1 aliphatic rings. The van der Waals surface area contributed by atoms with Gasteiger partial charge < -0.3 is 9.30 Å². The normalized spacial score (nSPS) is 16.9. The topological polar surface area (TPSA) is 81.5 Å². The lowest BCUT2D eigenvalue weighted by molar-refractivity contribution is -0.148. The molecule has 0 saturated carbocycles. The van der Waals surface area contributed by atoms with Crippen LogP contribution in [0.25, 0.3) is 11.8 Å². The largest absolute Gasteiger partial charge is 0.467 e. The number of amides is 2. The van der Waals surface area contributed by atoms with Gasteiger partial charge in [-0.25, -0.2) is 4.79 Å². The first-order chi connectivity index (χ1) is 12.8. The zero-order chi connectivity index (χ0) is 19.7. The highest BCUT2D eigenvalue weighted by Gasteiger charge is 2.41. The third-order valence-electron chi connectivity index (χ3n) is 4.43. The summed E-state index contributed by atoms with van der Waals surface area (Å²) in [7, 11) is 1.22. The van der Waals surface area contributed by atoms with Gasteiger partial charge in [-0.3, -0.25) is 19.5 Å². The van der Waals surface area contributed by atoms with E-state index in [1.54, 1.807) is 18.5 Å². The van der Waals surface area contributed by atoms with Crippen LogP contribution in [0.5, 0.6) is 0 Å². The van der Waals surface area contributed by atoms with E-state index in [1.807, 2.05) is 32.0 Å². The molecule has 2 aromatic heterocycles. The summed E-state index contributed by atoms with van der Waals surface area (Å²) in [6.07, 6.45) is 5.12. The van der Waals surface area contributed by atoms with Crippen molar-refractivity contribution in [2.45, 2.75) is 26.8 Å². The molecule has 140 valence electrons. The average Bonchev–Trinajstić information content (AvgIpc) is 3.09. The van der Waals surface area contributed by atoms with Crippen molar-refractivity contribution in [3.05, 3.63) is 52.4 Å². The second-order valence-electron chi connectivity index (χ2n) is 6.12. The van der Waals surface area contributed by atoms with Gasteiger partial charge in [0, 0.05) is 29.5 Å². The quantitative estimate of drug-likeness (QED) is 0.594. The Labute approximate surface area is 161 Å². The second kappa shape index (κ2) is 7.40. The number of rotatable bonds is 4. The highest BCUT2D eigenvalue weighted by Crippen LogP contribution is 2.35. The van der Waals surface area contributed by atoms with Gasteiger partial charge in [0.2, 0.25) is 0 Å². The number of carbonyl (C=O) groups is 3. The van der Waals surface area contributed by atoms with Crippen molar-refractivity contribution in [2.75, 3.05) is 7.11 Å². The molecule has 0 aliphatic carbocycles. The summed E-state index contributed by atoms with van der Waals surface area (Å²) < 4.78 is 6.69. The molecule has 3 heterocycles. The van der Waals surface area contributed by atoms with E-state index < -0.39 is 23.2 Å². The number of imide groups is 1. The molecule has 0 spiro atoms. The van der Waals surface area contributed by atoms with Gasteiger partial charge in [-0.2, -0.15) is 0 Å². The van der Waals surface area contributed by atoms with E-state index in [0.29, 0.717) is 0 Å². The van der Waals surface area contributed by atoms with Crippen LogP contribution in [-0.4, -0.2) is 44.7 Å². The van der Waals surface area contributed by atoms with Gasteiger partial charge in [-0.05, 0) is 62.4 Å². The van der Waals surface area contributed by atoms with Crippen LogP contribution in [0.2, 0.25) is 0 Å². The zero-order valence-corrected chi connectivity index (χ0v) is 16.2. The van der Waals surface area contributed by atoms with Crippen LogP contribution in [0.3, 0.4) is 0 Å². The molecular formula is C19H19N3O4S. The molecule has 7 nitrogen and oxygen atoms in total. The van der Waals surface area contributed by atoms with E-state index in [-0.39, 0.29) is 4.91 Å². The molecular weight excluding hydrogens is 366 g/mol. The summed E-state index contributed by atoms with van der Waals surface area (Å²) in [5.74, 6) is -1.12. The van der Waals surface area contributed by atoms with E-state index >= 15 is 0 Å². The summed E-state index contributed by atoms with van der Waals surface area (Å²) in [6.45, 7) is 5.39. The van der Waals surface area contributed by atoms with Gasteiger partial charge in [0.1, 0.15) is 6.04 Å². The van der Waals surface area contributed by atoms with E-state index in [1.165, 1.54) is 14.0 Å². The lowest BCUT2D eigenvalue weighted by atomic mass is 10.2. The maximum atomic E-state index is 12.6. The molecule has 2 amide bonds. The van der Waals surface area contributed by atoms with Gasteiger partial charge in [-0.1, -0.05) is 0 Å². The van der Waals surface area contributed by atoms with E-state index in [4.69, 9.17) is 0 Å². The first-order valence-electron chi connectivity index (χ1n) is 8.29. The summed E-state index contributed by atoms with van der Waals surface area (Å²) in [4.78, 5) is 41.8. The molecule has 1 atom stereocenters. The molecule has 0 N–H and O–H groups in total. The number of carbonyl (C=O) groups excluding carboxylic acids is 3. The van der Waals surface area contributed by atoms with Crippen molar-refractivity contribution in [2.24, 2.45) is 0 Å². The Morgan fingerprint density at radius 3 is 2.56 bits per heavy atom. The Morgan fingerprint density at radius 1 is 1.26 bits per heavy atom. The number of ether oxygens (including phenoxy) is 1. The van der Waals surface area contributed by atoms with Gasteiger partial charge >= 0.3 is 5.97 Å².